The van der Waals surface area contributed by atoms with Crippen LogP contribution in [0.1, 0.15) is 50.7 Å². The van der Waals surface area contributed by atoms with Crippen molar-refractivity contribution in [2.75, 3.05) is 5.75 Å². The van der Waals surface area contributed by atoms with Crippen LogP contribution < -0.4 is 0 Å². The number of carbonyl (C=O) groups is 1. The molecule has 0 unspecified atom stereocenters. The van der Waals surface area contributed by atoms with Gasteiger partial charge < -0.3 is 4.52 Å². The summed E-state index contributed by atoms with van der Waals surface area (Å²) in [6.07, 6.45) is 5.89. The highest BCUT2D eigenvalue weighted by atomic mass is 32.2. The van der Waals surface area contributed by atoms with Gasteiger partial charge in [0.25, 0.3) is 0 Å². The molecule has 100 valence electrons. The van der Waals surface area contributed by atoms with E-state index in [2.05, 4.69) is 17.1 Å². The standard InChI is InChI=1S/C13H20N2O2S/c1-2-7-18-9-12-14-13(17-15-12)8-11(16)10-5-3-4-6-10/h10H,2-9H2,1H3. The summed E-state index contributed by atoms with van der Waals surface area (Å²) < 4.78 is 5.13. The zero-order chi connectivity index (χ0) is 12.8. The molecule has 1 fully saturated rings. The van der Waals surface area contributed by atoms with E-state index >= 15 is 0 Å². The molecule has 0 aliphatic heterocycles. The van der Waals surface area contributed by atoms with Crippen LogP contribution in [0.25, 0.3) is 0 Å². The minimum atomic E-state index is 0.231. The number of hydrogen-bond donors (Lipinski definition) is 0. The first-order chi connectivity index (χ1) is 8.79. The number of rotatable bonds is 7. The van der Waals surface area contributed by atoms with Crippen molar-refractivity contribution >= 4 is 17.5 Å². The molecule has 0 saturated heterocycles. The van der Waals surface area contributed by atoms with Gasteiger partial charge in [-0.1, -0.05) is 24.9 Å². The SMILES string of the molecule is CCCSCc1noc(CC(=O)C2CCCC2)n1. The number of ketones is 1. The lowest BCUT2D eigenvalue weighted by Crippen LogP contribution is -2.13. The Kier molecular flexibility index (Phi) is 5.23. The van der Waals surface area contributed by atoms with Gasteiger partial charge in [-0.05, 0) is 25.0 Å². The maximum Gasteiger partial charge on any atom is 0.234 e. The second-order valence-electron chi connectivity index (χ2n) is 4.78. The Morgan fingerprint density at radius 2 is 2.22 bits per heavy atom. The topological polar surface area (TPSA) is 56.0 Å². The number of carbonyl (C=O) groups excluding carboxylic acids is 1. The Hall–Kier alpha value is -0.840. The van der Waals surface area contributed by atoms with Gasteiger partial charge in [-0.15, -0.1) is 0 Å². The van der Waals surface area contributed by atoms with Crippen LogP contribution in [0.2, 0.25) is 0 Å². The fourth-order valence-electron chi connectivity index (χ4n) is 2.27. The van der Waals surface area contributed by atoms with Crippen molar-refractivity contribution in [3.63, 3.8) is 0 Å². The normalized spacial score (nSPS) is 16.3. The lowest BCUT2D eigenvalue weighted by Gasteiger charge is -2.04. The molecule has 1 aromatic heterocycles. The van der Waals surface area contributed by atoms with Crippen LogP contribution in [0.5, 0.6) is 0 Å². The molecule has 1 aliphatic carbocycles. The van der Waals surface area contributed by atoms with Crippen LogP contribution in [-0.2, 0) is 17.0 Å². The first-order valence-electron chi connectivity index (χ1n) is 6.71. The fourth-order valence-corrected chi connectivity index (χ4v) is 3.00. The summed E-state index contributed by atoms with van der Waals surface area (Å²) in [6, 6.07) is 0. The van der Waals surface area contributed by atoms with Crippen LogP contribution in [-0.4, -0.2) is 21.7 Å². The highest BCUT2D eigenvalue weighted by Crippen LogP contribution is 2.26. The molecule has 0 aromatic carbocycles. The molecule has 18 heavy (non-hydrogen) atoms. The van der Waals surface area contributed by atoms with E-state index < -0.39 is 0 Å². The summed E-state index contributed by atoms with van der Waals surface area (Å²) in [6.45, 7) is 2.15. The molecule has 0 bridgehead atoms. The molecule has 1 aliphatic rings. The monoisotopic (exact) mass is 268 g/mol. The number of aromatic nitrogens is 2. The lowest BCUT2D eigenvalue weighted by molar-refractivity contribution is -0.122. The van der Waals surface area contributed by atoms with E-state index in [1.54, 1.807) is 11.8 Å². The van der Waals surface area contributed by atoms with Gasteiger partial charge in [0.05, 0.1) is 12.2 Å². The van der Waals surface area contributed by atoms with E-state index in [0.29, 0.717) is 18.1 Å². The summed E-state index contributed by atoms with van der Waals surface area (Å²) in [5, 5.41) is 3.91. The lowest BCUT2D eigenvalue weighted by atomic mass is 10.0. The summed E-state index contributed by atoms with van der Waals surface area (Å²) in [4.78, 5) is 16.2. The molecule has 0 spiro atoms. The first kappa shape index (κ1) is 13.6. The van der Waals surface area contributed by atoms with Crippen LogP contribution in [0.4, 0.5) is 0 Å². The second-order valence-corrected chi connectivity index (χ2v) is 5.89. The molecule has 0 atom stereocenters. The Morgan fingerprint density at radius 3 is 2.94 bits per heavy atom. The largest absolute Gasteiger partial charge is 0.339 e. The predicted octanol–water partition coefficient (Wildman–Crippen LogP) is 3.01. The van der Waals surface area contributed by atoms with Crippen molar-refractivity contribution in [2.45, 2.75) is 51.2 Å². The first-order valence-corrected chi connectivity index (χ1v) is 7.87. The van der Waals surface area contributed by atoms with Gasteiger partial charge in [-0.2, -0.15) is 16.7 Å². The molecular formula is C13H20N2O2S. The van der Waals surface area contributed by atoms with Gasteiger partial charge in [-0.3, -0.25) is 4.79 Å². The fraction of sp³-hybridized carbons (Fsp3) is 0.769. The third-order valence-corrected chi connectivity index (χ3v) is 4.38. The molecule has 0 amide bonds. The van der Waals surface area contributed by atoms with Crippen LogP contribution >= 0.6 is 11.8 Å². The van der Waals surface area contributed by atoms with Crippen molar-refractivity contribution in [3.8, 4) is 0 Å². The number of hydrogen-bond acceptors (Lipinski definition) is 5. The minimum Gasteiger partial charge on any atom is -0.339 e. The van der Waals surface area contributed by atoms with E-state index in [4.69, 9.17) is 4.52 Å². The van der Waals surface area contributed by atoms with Gasteiger partial charge in [0.15, 0.2) is 5.82 Å². The third-order valence-electron chi connectivity index (χ3n) is 3.23. The predicted molar refractivity (Wildman–Crippen MR) is 71.4 cm³/mol. The Balaban J connectivity index is 1.80. The Labute approximate surface area is 112 Å². The molecular weight excluding hydrogens is 248 g/mol. The van der Waals surface area contributed by atoms with Crippen LogP contribution in [0.15, 0.2) is 4.52 Å². The van der Waals surface area contributed by atoms with Crippen molar-refractivity contribution in [3.05, 3.63) is 11.7 Å². The minimum absolute atomic E-state index is 0.231. The summed E-state index contributed by atoms with van der Waals surface area (Å²) in [5.41, 5.74) is 0. The van der Waals surface area contributed by atoms with Gasteiger partial charge in [0, 0.05) is 5.92 Å². The van der Waals surface area contributed by atoms with Crippen molar-refractivity contribution in [2.24, 2.45) is 5.92 Å². The van der Waals surface area contributed by atoms with Gasteiger partial charge in [0.2, 0.25) is 5.89 Å². The number of nitrogens with zero attached hydrogens (tertiary/aromatic N) is 2. The maximum atomic E-state index is 12.0. The smallest absolute Gasteiger partial charge is 0.234 e. The van der Waals surface area contributed by atoms with E-state index in [0.717, 1.165) is 30.8 Å². The van der Waals surface area contributed by atoms with Crippen molar-refractivity contribution in [1.82, 2.24) is 10.1 Å². The quantitative estimate of drug-likeness (QED) is 0.711. The van der Waals surface area contributed by atoms with Crippen molar-refractivity contribution < 1.29 is 9.32 Å². The maximum absolute atomic E-state index is 12.0. The highest BCUT2D eigenvalue weighted by molar-refractivity contribution is 7.98. The molecule has 0 radical (unpaired) electrons. The molecule has 0 N–H and O–H groups in total. The van der Waals surface area contributed by atoms with Crippen LogP contribution in [0.3, 0.4) is 0 Å². The van der Waals surface area contributed by atoms with E-state index in [-0.39, 0.29) is 11.7 Å². The van der Waals surface area contributed by atoms with Gasteiger partial charge >= 0.3 is 0 Å². The Morgan fingerprint density at radius 1 is 1.44 bits per heavy atom. The molecule has 4 nitrogen and oxygen atoms in total. The number of Topliss-reactive ketones (excluding diaryl/α,β-unsaturated/α-hetero) is 1. The van der Waals surface area contributed by atoms with Gasteiger partial charge in [-0.25, -0.2) is 0 Å². The molecule has 2 rings (SSSR count). The molecule has 1 heterocycles. The number of thioether (sulfide) groups is 1. The average Bonchev–Trinajstić information content (AvgIpc) is 3.00. The zero-order valence-corrected chi connectivity index (χ0v) is 11.7. The molecule has 1 saturated carbocycles. The van der Waals surface area contributed by atoms with E-state index in [1.165, 1.54) is 12.8 Å². The summed E-state index contributed by atoms with van der Waals surface area (Å²) >= 11 is 1.79. The second kappa shape index (κ2) is 6.92. The highest BCUT2D eigenvalue weighted by Gasteiger charge is 2.24. The average molecular weight is 268 g/mol. The van der Waals surface area contributed by atoms with Gasteiger partial charge in [0.1, 0.15) is 5.78 Å². The molecule has 1 aromatic rings. The summed E-state index contributed by atoms with van der Waals surface area (Å²) in [5.74, 6) is 3.57. The van der Waals surface area contributed by atoms with Crippen LogP contribution in [0, 0.1) is 5.92 Å². The van der Waals surface area contributed by atoms with Crippen molar-refractivity contribution in [1.29, 1.82) is 0 Å². The zero-order valence-electron chi connectivity index (χ0n) is 10.9. The summed E-state index contributed by atoms with van der Waals surface area (Å²) in [7, 11) is 0. The molecule has 5 heteroatoms. The third kappa shape index (κ3) is 3.83. The Bertz CT molecular complexity index is 386. The van der Waals surface area contributed by atoms with E-state index in [1.807, 2.05) is 0 Å². The van der Waals surface area contributed by atoms with E-state index in [9.17, 15) is 4.79 Å².